The van der Waals surface area contributed by atoms with Crippen molar-refractivity contribution in [1.82, 2.24) is 10.9 Å². The zero-order valence-corrected chi connectivity index (χ0v) is 7.78. The summed E-state index contributed by atoms with van der Waals surface area (Å²) >= 11 is 4.53. The molecule has 1 fully saturated rings. The van der Waals surface area contributed by atoms with Gasteiger partial charge < -0.3 is 5.73 Å². The van der Waals surface area contributed by atoms with Crippen molar-refractivity contribution in [2.75, 3.05) is 0 Å². The first kappa shape index (κ1) is 9.25. The Morgan fingerprint density at radius 1 is 1.58 bits per heavy atom. The number of thiocarbonyl (C=S) groups is 1. The lowest BCUT2D eigenvalue weighted by atomic mass is 10.1. The van der Waals surface area contributed by atoms with E-state index < -0.39 is 0 Å². The number of amides is 1. The zero-order valence-electron chi connectivity index (χ0n) is 6.96. The molecule has 68 valence electrons. The van der Waals surface area contributed by atoms with Gasteiger partial charge >= 0.3 is 0 Å². The molecule has 1 amide bonds. The first-order valence-corrected chi connectivity index (χ1v) is 4.37. The fourth-order valence-electron chi connectivity index (χ4n) is 1.05. The summed E-state index contributed by atoms with van der Waals surface area (Å²) in [6.45, 7) is 1.91. The zero-order chi connectivity index (χ0) is 9.14. The summed E-state index contributed by atoms with van der Waals surface area (Å²) in [6.07, 6.45) is 2.31. The first-order chi connectivity index (χ1) is 5.61. The number of hydrogen-bond donors (Lipinski definition) is 3. The molecule has 4 nitrogen and oxygen atoms in total. The van der Waals surface area contributed by atoms with Gasteiger partial charge in [-0.25, -0.2) is 0 Å². The molecule has 1 atom stereocenters. The molecule has 0 bridgehead atoms. The normalized spacial score (nSPS) is 18.1. The van der Waals surface area contributed by atoms with Gasteiger partial charge in [0.05, 0.1) is 0 Å². The van der Waals surface area contributed by atoms with Crippen LogP contribution in [0.25, 0.3) is 0 Å². The van der Waals surface area contributed by atoms with Crippen LogP contribution in [0.5, 0.6) is 0 Å². The molecule has 0 radical (unpaired) electrons. The number of nitrogens with one attached hydrogen (secondary N) is 2. The lowest BCUT2D eigenvalue weighted by Gasteiger charge is -2.11. The molecule has 0 spiro atoms. The Bertz CT molecular complexity index is 203. The van der Waals surface area contributed by atoms with Crippen LogP contribution < -0.4 is 16.6 Å². The number of hydrogen-bond acceptors (Lipinski definition) is 2. The summed E-state index contributed by atoms with van der Waals surface area (Å²) < 4.78 is 0. The summed E-state index contributed by atoms with van der Waals surface area (Å²) in [4.78, 5) is 11.2. The van der Waals surface area contributed by atoms with Gasteiger partial charge in [-0.2, -0.15) is 0 Å². The van der Waals surface area contributed by atoms with E-state index in [4.69, 9.17) is 5.73 Å². The van der Waals surface area contributed by atoms with Crippen LogP contribution in [0.15, 0.2) is 0 Å². The van der Waals surface area contributed by atoms with Crippen LogP contribution >= 0.6 is 12.2 Å². The Labute approximate surface area is 76.9 Å². The molecule has 0 saturated heterocycles. The highest BCUT2D eigenvalue weighted by molar-refractivity contribution is 7.80. The average Bonchev–Trinajstić information content (AvgIpc) is 2.80. The van der Waals surface area contributed by atoms with Gasteiger partial charge in [-0.3, -0.25) is 15.6 Å². The second-order valence-electron chi connectivity index (χ2n) is 3.10. The molecule has 1 saturated carbocycles. The minimum absolute atomic E-state index is 0.0368. The minimum atomic E-state index is -0.0368. The van der Waals surface area contributed by atoms with Gasteiger partial charge in [0.15, 0.2) is 5.11 Å². The topological polar surface area (TPSA) is 67.2 Å². The largest absolute Gasteiger partial charge is 0.375 e. The Morgan fingerprint density at radius 2 is 2.17 bits per heavy atom. The second kappa shape index (κ2) is 3.71. The number of carbonyl (C=O) groups excluding carboxylic acids is 1. The third kappa shape index (κ3) is 2.65. The van der Waals surface area contributed by atoms with Crippen molar-refractivity contribution in [3.63, 3.8) is 0 Å². The standard InChI is InChI=1S/C7H13N3OS/c1-4(5-2-3-5)6(11)9-10-7(8)12/h4-5H,2-3H2,1H3,(H,9,11)(H3,8,10,12). The Balaban J connectivity index is 2.22. The molecule has 1 unspecified atom stereocenters. The predicted molar refractivity (Wildman–Crippen MR) is 50.0 cm³/mol. The average molecular weight is 187 g/mol. The summed E-state index contributed by atoms with van der Waals surface area (Å²) in [6, 6.07) is 0. The Kier molecular flexibility index (Phi) is 2.86. The molecule has 5 heteroatoms. The van der Waals surface area contributed by atoms with Gasteiger partial charge in [0.2, 0.25) is 5.91 Å². The second-order valence-corrected chi connectivity index (χ2v) is 3.54. The maximum Gasteiger partial charge on any atom is 0.241 e. The lowest BCUT2D eigenvalue weighted by Crippen LogP contribution is -2.46. The molecule has 0 aromatic heterocycles. The van der Waals surface area contributed by atoms with Crippen LogP contribution in [0.2, 0.25) is 0 Å². The van der Waals surface area contributed by atoms with E-state index in [1.54, 1.807) is 0 Å². The predicted octanol–water partition coefficient (Wildman–Crippen LogP) is -0.103. The van der Waals surface area contributed by atoms with Gasteiger partial charge in [-0.15, -0.1) is 0 Å². The minimum Gasteiger partial charge on any atom is -0.375 e. The molecule has 12 heavy (non-hydrogen) atoms. The molecule has 0 aliphatic heterocycles. The molecule has 0 heterocycles. The monoisotopic (exact) mass is 187 g/mol. The number of rotatable bonds is 2. The van der Waals surface area contributed by atoms with Crippen molar-refractivity contribution >= 4 is 23.2 Å². The van der Waals surface area contributed by atoms with Gasteiger partial charge in [-0.05, 0) is 31.0 Å². The van der Waals surface area contributed by atoms with Crippen LogP contribution in [0.3, 0.4) is 0 Å². The third-order valence-electron chi connectivity index (χ3n) is 2.05. The Hall–Kier alpha value is -0.840. The quantitative estimate of drug-likeness (QED) is 0.417. The molecule has 0 aromatic carbocycles. The van der Waals surface area contributed by atoms with Crippen LogP contribution in [0.4, 0.5) is 0 Å². The molecular formula is C7H13N3OS. The Morgan fingerprint density at radius 3 is 2.58 bits per heavy atom. The summed E-state index contributed by atoms with van der Waals surface area (Å²) in [7, 11) is 0. The van der Waals surface area contributed by atoms with Crippen molar-refractivity contribution in [3.8, 4) is 0 Å². The van der Waals surface area contributed by atoms with E-state index in [-0.39, 0.29) is 16.9 Å². The third-order valence-corrected chi connectivity index (χ3v) is 2.15. The van der Waals surface area contributed by atoms with E-state index >= 15 is 0 Å². The van der Waals surface area contributed by atoms with Gasteiger partial charge in [0.1, 0.15) is 0 Å². The maximum absolute atomic E-state index is 11.2. The summed E-state index contributed by atoms with van der Waals surface area (Å²) in [5, 5.41) is 0.0892. The van der Waals surface area contributed by atoms with E-state index in [9.17, 15) is 4.79 Å². The number of carbonyl (C=O) groups is 1. The SMILES string of the molecule is CC(C(=O)NNC(N)=S)C1CC1. The van der Waals surface area contributed by atoms with Gasteiger partial charge in [0, 0.05) is 5.92 Å². The molecule has 4 N–H and O–H groups in total. The van der Waals surface area contributed by atoms with Crippen molar-refractivity contribution in [2.24, 2.45) is 17.6 Å². The fraction of sp³-hybridized carbons (Fsp3) is 0.714. The van der Waals surface area contributed by atoms with E-state index in [0.717, 1.165) is 12.8 Å². The van der Waals surface area contributed by atoms with E-state index in [1.807, 2.05) is 6.92 Å². The number of nitrogens with two attached hydrogens (primary N) is 1. The molecule has 1 aliphatic rings. The van der Waals surface area contributed by atoms with Crippen LogP contribution in [0.1, 0.15) is 19.8 Å². The summed E-state index contributed by atoms with van der Waals surface area (Å²) in [5.74, 6) is 0.579. The van der Waals surface area contributed by atoms with Gasteiger partial charge in [-0.1, -0.05) is 6.92 Å². The lowest BCUT2D eigenvalue weighted by molar-refractivity contribution is -0.125. The van der Waals surface area contributed by atoms with Crippen molar-refractivity contribution < 1.29 is 4.79 Å². The molecule has 1 rings (SSSR count). The maximum atomic E-state index is 11.2. The fourth-order valence-corrected chi connectivity index (χ4v) is 1.10. The van der Waals surface area contributed by atoms with E-state index in [2.05, 4.69) is 23.1 Å². The highest BCUT2D eigenvalue weighted by Gasteiger charge is 2.32. The van der Waals surface area contributed by atoms with Crippen molar-refractivity contribution in [1.29, 1.82) is 0 Å². The van der Waals surface area contributed by atoms with Gasteiger partial charge in [0.25, 0.3) is 0 Å². The van der Waals surface area contributed by atoms with Crippen LogP contribution in [0, 0.1) is 11.8 Å². The number of hydrazine groups is 1. The van der Waals surface area contributed by atoms with Crippen molar-refractivity contribution in [3.05, 3.63) is 0 Å². The molecule has 0 aromatic rings. The highest BCUT2D eigenvalue weighted by Crippen LogP contribution is 2.36. The highest BCUT2D eigenvalue weighted by atomic mass is 32.1. The first-order valence-electron chi connectivity index (χ1n) is 3.96. The molecular weight excluding hydrogens is 174 g/mol. The van der Waals surface area contributed by atoms with Crippen molar-refractivity contribution in [2.45, 2.75) is 19.8 Å². The molecule has 1 aliphatic carbocycles. The smallest absolute Gasteiger partial charge is 0.241 e. The van der Waals surface area contributed by atoms with E-state index in [0.29, 0.717) is 5.92 Å². The summed E-state index contributed by atoms with van der Waals surface area (Å²) in [5.41, 5.74) is 10.0. The van der Waals surface area contributed by atoms with Crippen LogP contribution in [-0.4, -0.2) is 11.0 Å². The van der Waals surface area contributed by atoms with E-state index in [1.165, 1.54) is 0 Å². The van der Waals surface area contributed by atoms with Crippen LogP contribution in [-0.2, 0) is 4.79 Å².